The fourth-order valence-electron chi connectivity index (χ4n) is 9.59. The topological polar surface area (TPSA) is 0 Å². The van der Waals surface area contributed by atoms with Crippen LogP contribution in [0.3, 0.4) is 0 Å². The molecule has 0 aliphatic heterocycles. The third-order valence-electron chi connectivity index (χ3n) is 12.3. The van der Waals surface area contributed by atoms with Crippen molar-refractivity contribution < 1.29 is 10.7 Å². The van der Waals surface area contributed by atoms with Crippen LogP contribution in [0.4, 0.5) is 0 Å². The van der Waals surface area contributed by atoms with Gasteiger partial charge in [0.05, 0.1) is 0 Å². The van der Waals surface area contributed by atoms with Crippen molar-refractivity contribution in [3.63, 3.8) is 0 Å². The molecule has 294 valence electrons. The van der Waals surface area contributed by atoms with Gasteiger partial charge in [0.15, 0.2) is 0 Å². The Kier molecular flexibility index (Phi) is 11.6. The molecule has 0 nitrogen and oxygen atoms in total. The summed E-state index contributed by atoms with van der Waals surface area (Å²) in [4.78, 5) is 0. The molecule has 0 N–H and O–H groups in total. The molecule has 0 saturated carbocycles. The normalized spacial score (nSPS) is 15.1. The van der Waals surface area contributed by atoms with Crippen molar-refractivity contribution in [3.8, 4) is 0 Å². The third kappa shape index (κ3) is 6.26. The summed E-state index contributed by atoms with van der Waals surface area (Å²) in [6.07, 6.45) is 0. The van der Waals surface area contributed by atoms with Gasteiger partial charge in [-0.15, -0.1) is 0 Å². The zero-order valence-electron chi connectivity index (χ0n) is 33.4. The van der Waals surface area contributed by atoms with Crippen molar-refractivity contribution in [1.82, 2.24) is 0 Å². The summed E-state index contributed by atoms with van der Waals surface area (Å²) < 4.78 is 0. The first-order valence-electron chi connectivity index (χ1n) is 19.9. The van der Waals surface area contributed by atoms with Gasteiger partial charge in [-0.05, 0) is 0 Å². The van der Waals surface area contributed by atoms with Gasteiger partial charge in [0.2, 0.25) is 0 Å². The number of hydrogen-bond acceptors (Lipinski definition) is 0. The van der Waals surface area contributed by atoms with E-state index >= 15 is 0 Å². The SMILES string of the molecule is C[PH](c1ccccc1)(c1ccccc1)[Ni]([PH](C)(c1ccccc1)c1ccccc1)([PH](C)(c1ccccc1)c1ccccc1)[PH](C)(c1ccccc1)c1ccccc1. The molecule has 0 radical (unpaired) electrons. The van der Waals surface area contributed by atoms with Crippen LogP contribution in [0.25, 0.3) is 0 Å². The number of hydrogen-bond donors (Lipinski definition) is 0. The van der Waals surface area contributed by atoms with Crippen molar-refractivity contribution in [2.45, 2.75) is 0 Å². The van der Waals surface area contributed by atoms with Crippen LogP contribution in [0.15, 0.2) is 243 Å². The third-order valence-corrected chi connectivity index (χ3v) is 98.7. The van der Waals surface area contributed by atoms with Crippen molar-refractivity contribution in [3.05, 3.63) is 243 Å². The molecule has 8 rings (SSSR count). The average molecular weight is 864 g/mol. The molecular formula is C52H56NiP4. The molecule has 0 aliphatic carbocycles. The zero-order chi connectivity index (χ0) is 39.4. The summed E-state index contributed by atoms with van der Waals surface area (Å²) >= 11 is 0. The molecule has 57 heavy (non-hydrogen) atoms. The van der Waals surface area contributed by atoms with E-state index in [1.54, 1.807) is 0 Å². The minimum atomic E-state index is -3.01. The first-order valence-corrected chi connectivity index (χ1v) is 35.1. The molecular weight excluding hydrogens is 807 g/mol. The summed E-state index contributed by atoms with van der Waals surface area (Å²) in [6, 6.07) is 83.5. The van der Waals surface area contributed by atoms with Gasteiger partial charge >= 0.3 is 347 Å². The van der Waals surface area contributed by atoms with Crippen LogP contribution in [0.2, 0.25) is 0 Å². The Morgan fingerprint density at radius 3 is 0.404 bits per heavy atom. The van der Waals surface area contributed by atoms with Gasteiger partial charge in [-0.2, -0.15) is 0 Å². The standard InChI is InChI=1S/4C13H13P.Ni/c4*1-14(12-8-4-2-5-9-12)13-10-6-3-7-11-13;/h4*2-11H,1H3;/q;;;;-4/p+4. The van der Waals surface area contributed by atoms with Crippen molar-refractivity contribution in [2.24, 2.45) is 0 Å². The second-order valence-electron chi connectivity index (χ2n) is 15.2. The van der Waals surface area contributed by atoms with Crippen LogP contribution in [0.1, 0.15) is 0 Å². The Morgan fingerprint density at radius 1 is 0.193 bits per heavy atom. The van der Waals surface area contributed by atoms with E-state index in [9.17, 15) is 0 Å². The Morgan fingerprint density at radius 2 is 0.298 bits per heavy atom. The van der Waals surface area contributed by atoms with E-state index in [1.165, 1.54) is 42.4 Å². The quantitative estimate of drug-likeness (QED) is 0.0849. The summed E-state index contributed by atoms with van der Waals surface area (Å²) in [5.74, 6) is 0. The predicted molar refractivity (Wildman–Crippen MR) is 266 cm³/mol. The summed E-state index contributed by atoms with van der Waals surface area (Å²) in [7, 11) is -2.24. The van der Waals surface area contributed by atoms with Crippen molar-refractivity contribution in [1.29, 1.82) is 0 Å². The molecule has 5 heteroatoms. The van der Waals surface area contributed by atoms with Gasteiger partial charge in [-0.25, -0.2) is 0 Å². The molecule has 0 amide bonds. The van der Waals surface area contributed by atoms with Gasteiger partial charge in [-0.3, -0.25) is 0 Å². The first kappa shape index (κ1) is 39.8. The van der Waals surface area contributed by atoms with E-state index < -0.39 is 34.8 Å². The summed E-state index contributed by atoms with van der Waals surface area (Å²) in [5, 5.41) is 12.3. The summed E-state index contributed by atoms with van der Waals surface area (Å²) in [6.45, 7) is 11.4. The molecule has 0 fully saturated rings. The Hall–Kier alpha value is -4.03. The number of rotatable bonds is 12. The molecule has 8 aromatic rings. The van der Waals surface area contributed by atoms with Crippen molar-refractivity contribution in [2.75, 3.05) is 26.7 Å². The van der Waals surface area contributed by atoms with Crippen LogP contribution >= 0.6 is 24.1 Å². The van der Waals surface area contributed by atoms with Crippen LogP contribution < -0.4 is 42.4 Å². The Bertz CT molecular complexity index is 1970. The Labute approximate surface area is 344 Å². The average Bonchev–Trinajstić information content (AvgIpc) is 3.31. The predicted octanol–water partition coefficient (Wildman–Crippen LogP) is 9.92. The molecule has 0 aromatic heterocycles. The van der Waals surface area contributed by atoms with Gasteiger partial charge < -0.3 is 0 Å². The molecule has 0 atom stereocenters. The van der Waals surface area contributed by atoms with Crippen LogP contribution in [-0.2, 0) is 10.7 Å². The van der Waals surface area contributed by atoms with Gasteiger partial charge in [-0.1, -0.05) is 0 Å². The fraction of sp³-hybridized carbons (Fsp3) is 0.0769. The molecule has 0 heterocycles. The number of benzene rings is 8. The Balaban J connectivity index is 1.81. The fourth-order valence-corrected chi connectivity index (χ4v) is 129. The molecule has 8 aromatic carbocycles. The van der Waals surface area contributed by atoms with Crippen molar-refractivity contribution >= 4 is 66.6 Å². The molecule has 0 bridgehead atoms. The second kappa shape index (κ2) is 16.7. The minimum absolute atomic E-state index is 1.54. The zero-order valence-corrected chi connectivity index (χ0v) is 38.4. The van der Waals surface area contributed by atoms with Crippen LogP contribution in [0.5, 0.6) is 0 Å². The van der Waals surface area contributed by atoms with Gasteiger partial charge in [0.25, 0.3) is 0 Å². The van der Waals surface area contributed by atoms with E-state index in [4.69, 9.17) is 0 Å². The van der Waals surface area contributed by atoms with Gasteiger partial charge in [0, 0.05) is 0 Å². The molecule has 0 spiro atoms. The molecule has 0 unspecified atom stereocenters. The maximum atomic E-state index is 2.85. The van der Waals surface area contributed by atoms with Crippen LogP contribution in [0, 0.1) is 0 Å². The summed E-state index contributed by atoms with van der Waals surface area (Å²) in [5.41, 5.74) is 0. The van der Waals surface area contributed by atoms with E-state index in [0.29, 0.717) is 0 Å². The van der Waals surface area contributed by atoms with Gasteiger partial charge in [0.1, 0.15) is 0 Å². The monoisotopic (exact) mass is 862 g/mol. The van der Waals surface area contributed by atoms with E-state index in [-0.39, 0.29) is 0 Å². The van der Waals surface area contributed by atoms with E-state index in [2.05, 4.69) is 269 Å². The van der Waals surface area contributed by atoms with E-state index in [1.807, 2.05) is 0 Å². The van der Waals surface area contributed by atoms with E-state index in [0.717, 1.165) is 0 Å². The maximum absolute atomic E-state index is 3.01. The first-order chi connectivity index (χ1) is 27.8. The van der Waals surface area contributed by atoms with Crippen LogP contribution in [-0.4, -0.2) is 26.7 Å². The molecule has 0 saturated heterocycles. The molecule has 0 aliphatic rings. The second-order valence-corrected chi connectivity index (χ2v) is 56.3.